The average Bonchev–Trinajstić information content (AvgIpc) is 2.64. The van der Waals surface area contributed by atoms with Gasteiger partial charge in [0, 0.05) is 6.54 Å². The van der Waals surface area contributed by atoms with Crippen LogP contribution in [0.5, 0.6) is 0 Å². The number of nitrogens with zero attached hydrogens (tertiary/aromatic N) is 1. The molecule has 1 aliphatic heterocycles. The first-order chi connectivity index (χ1) is 9.89. The van der Waals surface area contributed by atoms with Crippen LogP contribution in [-0.4, -0.2) is 46.3 Å². The van der Waals surface area contributed by atoms with Crippen molar-refractivity contribution in [2.75, 3.05) is 19.6 Å². The van der Waals surface area contributed by atoms with Gasteiger partial charge in [0.1, 0.15) is 0 Å². The lowest BCUT2D eigenvalue weighted by atomic mass is 9.78. The second-order valence-electron chi connectivity index (χ2n) is 7.55. The molecule has 122 valence electrons. The van der Waals surface area contributed by atoms with Crippen molar-refractivity contribution >= 4 is 5.97 Å². The number of rotatable bonds is 4. The van der Waals surface area contributed by atoms with E-state index < -0.39 is 11.6 Å². The van der Waals surface area contributed by atoms with Crippen LogP contribution in [0.25, 0.3) is 0 Å². The zero-order valence-electron chi connectivity index (χ0n) is 13.6. The summed E-state index contributed by atoms with van der Waals surface area (Å²) >= 11 is 0. The molecule has 0 aromatic heterocycles. The van der Waals surface area contributed by atoms with E-state index in [0.29, 0.717) is 25.7 Å². The van der Waals surface area contributed by atoms with Crippen molar-refractivity contribution in [3.63, 3.8) is 0 Å². The van der Waals surface area contributed by atoms with Gasteiger partial charge in [-0.3, -0.25) is 4.79 Å². The summed E-state index contributed by atoms with van der Waals surface area (Å²) in [4.78, 5) is 13.4. The zero-order valence-corrected chi connectivity index (χ0v) is 13.6. The summed E-state index contributed by atoms with van der Waals surface area (Å²) < 4.78 is 0. The van der Waals surface area contributed by atoms with Crippen molar-refractivity contribution < 1.29 is 15.0 Å². The molecular formula is C17H31NO3. The molecule has 21 heavy (non-hydrogen) atoms. The van der Waals surface area contributed by atoms with Gasteiger partial charge in [-0.05, 0) is 69.9 Å². The summed E-state index contributed by atoms with van der Waals surface area (Å²) in [5.74, 6) is 0.609. The molecule has 0 aromatic rings. The Bertz CT molecular complexity index is 348. The Hall–Kier alpha value is -0.610. The molecule has 1 heterocycles. The smallest absolute Gasteiger partial charge is 0.306 e. The van der Waals surface area contributed by atoms with Crippen molar-refractivity contribution in [2.24, 2.45) is 17.8 Å². The highest BCUT2D eigenvalue weighted by Crippen LogP contribution is 2.34. The molecule has 2 fully saturated rings. The lowest BCUT2D eigenvalue weighted by Gasteiger charge is -2.38. The van der Waals surface area contributed by atoms with Gasteiger partial charge in [-0.25, -0.2) is 0 Å². The molecule has 0 spiro atoms. The van der Waals surface area contributed by atoms with Crippen molar-refractivity contribution in [2.45, 2.75) is 64.4 Å². The number of carbonyl (C=O) groups is 1. The Morgan fingerprint density at radius 2 is 1.86 bits per heavy atom. The number of β-amino-alcohol motifs (C(OH)–C–C–N with tert-alkyl or cyclic N) is 1. The highest BCUT2D eigenvalue weighted by molar-refractivity contribution is 5.70. The molecule has 2 N–H and O–H groups in total. The lowest BCUT2D eigenvalue weighted by Crippen LogP contribution is -2.46. The quantitative estimate of drug-likeness (QED) is 0.837. The third kappa shape index (κ3) is 4.68. The van der Waals surface area contributed by atoms with Gasteiger partial charge in [0.05, 0.1) is 11.5 Å². The van der Waals surface area contributed by atoms with Crippen LogP contribution in [0.4, 0.5) is 0 Å². The van der Waals surface area contributed by atoms with Gasteiger partial charge in [0.2, 0.25) is 0 Å². The van der Waals surface area contributed by atoms with Crippen molar-refractivity contribution in [1.29, 1.82) is 0 Å². The van der Waals surface area contributed by atoms with E-state index in [1.807, 2.05) is 0 Å². The number of aliphatic carboxylic acids is 1. The molecule has 4 nitrogen and oxygen atoms in total. The van der Waals surface area contributed by atoms with Crippen molar-refractivity contribution in [3.05, 3.63) is 0 Å². The van der Waals surface area contributed by atoms with Crippen LogP contribution in [0.1, 0.15) is 58.8 Å². The summed E-state index contributed by atoms with van der Waals surface area (Å²) in [5.41, 5.74) is -0.663. The highest BCUT2D eigenvalue weighted by atomic mass is 16.4. The van der Waals surface area contributed by atoms with E-state index in [1.165, 1.54) is 19.3 Å². The minimum atomic E-state index is -0.702. The summed E-state index contributed by atoms with van der Waals surface area (Å²) in [7, 11) is 0. The third-order valence-corrected chi connectivity index (χ3v) is 5.59. The van der Waals surface area contributed by atoms with Crippen LogP contribution in [0, 0.1) is 17.8 Å². The lowest BCUT2D eigenvalue weighted by molar-refractivity contribution is -0.145. The zero-order chi connectivity index (χ0) is 15.5. The first-order valence-corrected chi connectivity index (χ1v) is 8.57. The van der Waals surface area contributed by atoms with E-state index in [9.17, 15) is 9.90 Å². The fourth-order valence-electron chi connectivity index (χ4n) is 3.98. The number of likely N-dealkylation sites (tertiary alicyclic amines) is 1. The van der Waals surface area contributed by atoms with E-state index in [4.69, 9.17) is 5.11 Å². The molecule has 0 amide bonds. The summed E-state index contributed by atoms with van der Waals surface area (Å²) in [6.07, 6.45) is 6.25. The number of hydrogen-bond donors (Lipinski definition) is 2. The van der Waals surface area contributed by atoms with Gasteiger partial charge >= 0.3 is 5.97 Å². The van der Waals surface area contributed by atoms with Crippen LogP contribution < -0.4 is 0 Å². The normalized spacial score (nSPS) is 35.6. The number of hydrogen-bond acceptors (Lipinski definition) is 3. The highest BCUT2D eigenvalue weighted by Gasteiger charge is 2.37. The van der Waals surface area contributed by atoms with Crippen LogP contribution in [0.2, 0.25) is 0 Å². The van der Waals surface area contributed by atoms with Gasteiger partial charge < -0.3 is 15.1 Å². The van der Waals surface area contributed by atoms with Crippen LogP contribution in [0.3, 0.4) is 0 Å². The minimum absolute atomic E-state index is 0.250. The molecule has 1 aliphatic carbocycles. The largest absolute Gasteiger partial charge is 0.481 e. The van der Waals surface area contributed by atoms with Gasteiger partial charge in [-0.15, -0.1) is 0 Å². The molecule has 4 heteroatoms. The van der Waals surface area contributed by atoms with Gasteiger partial charge in [0.15, 0.2) is 0 Å². The van der Waals surface area contributed by atoms with Crippen LogP contribution >= 0.6 is 0 Å². The topological polar surface area (TPSA) is 60.8 Å². The monoisotopic (exact) mass is 297 g/mol. The molecule has 0 aromatic carbocycles. The van der Waals surface area contributed by atoms with E-state index in [1.54, 1.807) is 0 Å². The van der Waals surface area contributed by atoms with Gasteiger partial charge in [-0.1, -0.05) is 13.8 Å². The predicted octanol–water partition coefficient (Wildman–Crippen LogP) is 2.75. The van der Waals surface area contributed by atoms with Crippen LogP contribution in [0.15, 0.2) is 0 Å². The Balaban J connectivity index is 1.83. The Kier molecular flexibility index (Phi) is 5.67. The van der Waals surface area contributed by atoms with Crippen molar-refractivity contribution in [1.82, 2.24) is 4.90 Å². The molecule has 0 radical (unpaired) electrons. The van der Waals surface area contributed by atoms with Crippen molar-refractivity contribution in [3.8, 4) is 0 Å². The van der Waals surface area contributed by atoms with Gasteiger partial charge in [0.25, 0.3) is 0 Å². The maximum Gasteiger partial charge on any atom is 0.306 e. The van der Waals surface area contributed by atoms with E-state index >= 15 is 0 Å². The maximum absolute atomic E-state index is 11.0. The molecule has 0 bridgehead atoms. The first kappa shape index (κ1) is 16.8. The summed E-state index contributed by atoms with van der Waals surface area (Å²) in [5, 5.41) is 19.8. The van der Waals surface area contributed by atoms with Crippen LogP contribution in [-0.2, 0) is 4.79 Å². The second kappa shape index (κ2) is 7.10. The molecule has 1 atom stereocenters. The molecule has 2 aliphatic rings. The fourth-order valence-corrected chi connectivity index (χ4v) is 3.98. The predicted molar refractivity (Wildman–Crippen MR) is 83.2 cm³/mol. The molecule has 1 saturated carbocycles. The molecule has 2 rings (SSSR count). The molecule has 1 saturated heterocycles. The molecule has 1 unspecified atom stereocenters. The molecular weight excluding hydrogens is 266 g/mol. The minimum Gasteiger partial charge on any atom is -0.481 e. The summed E-state index contributed by atoms with van der Waals surface area (Å²) in [6.45, 7) is 7.49. The average molecular weight is 297 g/mol. The standard InChI is InChI=1S/C17H31NO3/c1-13(2)14-4-3-10-18(11-7-14)12-17(21)8-5-15(6-9-17)16(19)20/h13-15,21H,3-12H2,1-2H3,(H,19,20). The van der Waals surface area contributed by atoms with E-state index in [2.05, 4.69) is 18.7 Å². The Labute approximate surface area is 128 Å². The third-order valence-electron chi connectivity index (χ3n) is 5.59. The first-order valence-electron chi connectivity index (χ1n) is 8.57. The van der Waals surface area contributed by atoms with E-state index in [-0.39, 0.29) is 5.92 Å². The Morgan fingerprint density at radius 1 is 1.19 bits per heavy atom. The SMILES string of the molecule is CC(C)C1CCCN(CC2(O)CCC(C(=O)O)CC2)CC1. The number of aliphatic hydroxyl groups is 1. The van der Waals surface area contributed by atoms with Gasteiger partial charge in [-0.2, -0.15) is 0 Å². The second-order valence-corrected chi connectivity index (χ2v) is 7.55. The Morgan fingerprint density at radius 3 is 2.43 bits per heavy atom. The maximum atomic E-state index is 11.0. The number of carboxylic acid groups (broad SMARTS) is 1. The fraction of sp³-hybridized carbons (Fsp3) is 0.941. The van der Waals surface area contributed by atoms with E-state index in [0.717, 1.165) is 31.5 Å². The summed E-state index contributed by atoms with van der Waals surface area (Å²) in [6, 6.07) is 0. The number of carboxylic acids is 1.